The van der Waals surface area contributed by atoms with Crippen molar-refractivity contribution in [3.63, 3.8) is 0 Å². The molecule has 2 aromatic carbocycles. The SMILES string of the molecule is Brc1ccc(-c2ccccc2)cc1.C1CNCCN1. The van der Waals surface area contributed by atoms with Gasteiger partial charge < -0.3 is 10.6 Å². The largest absolute Gasteiger partial charge is 0.314 e. The van der Waals surface area contributed by atoms with Crippen LogP contribution in [0.2, 0.25) is 0 Å². The van der Waals surface area contributed by atoms with Crippen molar-refractivity contribution in [2.45, 2.75) is 0 Å². The second kappa shape index (κ2) is 8.10. The van der Waals surface area contributed by atoms with Crippen molar-refractivity contribution in [1.82, 2.24) is 10.6 Å². The third-order valence-corrected chi connectivity index (χ3v) is 3.44. The molecule has 0 radical (unpaired) electrons. The van der Waals surface area contributed by atoms with Crippen LogP contribution in [0, 0.1) is 0 Å². The number of hydrogen-bond acceptors (Lipinski definition) is 2. The highest BCUT2D eigenvalue weighted by atomic mass is 79.9. The lowest BCUT2D eigenvalue weighted by Gasteiger charge is -2.11. The lowest BCUT2D eigenvalue weighted by molar-refractivity contribution is 0.534. The number of piperazine rings is 1. The third kappa shape index (κ3) is 5.15. The standard InChI is InChI=1S/C12H9Br.C4H10N2/c13-12-8-6-11(7-9-12)10-4-2-1-3-5-10;1-2-6-4-3-5-1/h1-9H;5-6H,1-4H2. The number of hydrogen-bond donors (Lipinski definition) is 2. The van der Waals surface area contributed by atoms with Gasteiger partial charge in [0, 0.05) is 30.7 Å². The van der Waals surface area contributed by atoms with Crippen molar-refractivity contribution in [2.75, 3.05) is 26.2 Å². The lowest BCUT2D eigenvalue weighted by Crippen LogP contribution is -2.39. The normalized spacial score (nSPS) is 14.4. The molecule has 2 aromatic rings. The van der Waals surface area contributed by atoms with Crippen LogP contribution in [-0.2, 0) is 0 Å². The zero-order chi connectivity index (χ0) is 13.3. The van der Waals surface area contributed by atoms with Crippen LogP contribution in [0.4, 0.5) is 0 Å². The number of benzene rings is 2. The van der Waals surface area contributed by atoms with E-state index in [4.69, 9.17) is 0 Å². The van der Waals surface area contributed by atoms with Gasteiger partial charge in [0.25, 0.3) is 0 Å². The zero-order valence-electron chi connectivity index (χ0n) is 10.9. The molecule has 3 rings (SSSR count). The van der Waals surface area contributed by atoms with E-state index in [1.54, 1.807) is 0 Å². The molecule has 2 N–H and O–H groups in total. The average Bonchev–Trinajstić information content (AvgIpc) is 2.51. The molecule has 19 heavy (non-hydrogen) atoms. The Morgan fingerprint density at radius 3 is 1.58 bits per heavy atom. The van der Waals surface area contributed by atoms with Crippen LogP contribution >= 0.6 is 15.9 Å². The maximum atomic E-state index is 3.42. The minimum atomic E-state index is 1.12. The van der Waals surface area contributed by atoms with E-state index >= 15 is 0 Å². The van der Waals surface area contributed by atoms with Gasteiger partial charge in [-0.2, -0.15) is 0 Å². The summed E-state index contributed by atoms with van der Waals surface area (Å²) in [7, 11) is 0. The molecule has 1 aliphatic rings. The summed E-state index contributed by atoms with van der Waals surface area (Å²) in [6.07, 6.45) is 0. The Morgan fingerprint density at radius 1 is 0.632 bits per heavy atom. The summed E-state index contributed by atoms with van der Waals surface area (Å²) in [6.45, 7) is 4.56. The molecule has 0 unspecified atom stereocenters. The molecule has 100 valence electrons. The van der Waals surface area contributed by atoms with Gasteiger partial charge in [-0.3, -0.25) is 0 Å². The molecule has 1 heterocycles. The minimum absolute atomic E-state index is 1.12. The fourth-order valence-corrected chi connectivity index (χ4v) is 2.14. The van der Waals surface area contributed by atoms with E-state index in [9.17, 15) is 0 Å². The molecular formula is C16H19BrN2. The second-order valence-electron chi connectivity index (χ2n) is 4.37. The van der Waals surface area contributed by atoms with Crippen LogP contribution in [-0.4, -0.2) is 26.2 Å². The van der Waals surface area contributed by atoms with Gasteiger partial charge in [0.15, 0.2) is 0 Å². The Balaban J connectivity index is 0.000000186. The molecule has 0 aromatic heterocycles. The van der Waals surface area contributed by atoms with E-state index in [-0.39, 0.29) is 0 Å². The third-order valence-electron chi connectivity index (χ3n) is 2.91. The van der Waals surface area contributed by atoms with Gasteiger partial charge in [-0.05, 0) is 23.3 Å². The molecule has 2 nitrogen and oxygen atoms in total. The summed E-state index contributed by atoms with van der Waals surface area (Å²) in [5.41, 5.74) is 2.51. The first-order chi connectivity index (χ1) is 9.36. The first-order valence-corrected chi connectivity index (χ1v) is 7.38. The number of rotatable bonds is 1. The molecule has 0 aliphatic carbocycles. The van der Waals surface area contributed by atoms with E-state index in [1.165, 1.54) is 11.1 Å². The van der Waals surface area contributed by atoms with E-state index in [0.29, 0.717) is 0 Å². The van der Waals surface area contributed by atoms with Gasteiger partial charge in [0.1, 0.15) is 0 Å². The maximum absolute atomic E-state index is 3.42. The molecule has 0 saturated carbocycles. The Hall–Kier alpha value is -1.16. The summed E-state index contributed by atoms with van der Waals surface area (Å²) in [4.78, 5) is 0. The predicted octanol–water partition coefficient (Wildman–Crippen LogP) is 3.30. The Morgan fingerprint density at radius 2 is 1.11 bits per heavy atom. The minimum Gasteiger partial charge on any atom is -0.314 e. The highest BCUT2D eigenvalue weighted by Gasteiger charge is 1.94. The summed E-state index contributed by atoms with van der Waals surface area (Å²) >= 11 is 3.42. The predicted molar refractivity (Wildman–Crippen MR) is 85.3 cm³/mol. The van der Waals surface area contributed by atoms with Crippen LogP contribution in [0.1, 0.15) is 0 Å². The molecule has 1 aliphatic heterocycles. The van der Waals surface area contributed by atoms with Gasteiger partial charge in [-0.25, -0.2) is 0 Å². The van der Waals surface area contributed by atoms with E-state index < -0.39 is 0 Å². The molecule has 0 spiro atoms. The maximum Gasteiger partial charge on any atom is 0.0175 e. The van der Waals surface area contributed by atoms with Crippen LogP contribution < -0.4 is 10.6 Å². The molecule has 0 bridgehead atoms. The summed E-state index contributed by atoms with van der Waals surface area (Å²) in [5.74, 6) is 0. The van der Waals surface area contributed by atoms with Gasteiger partial charge in [-0.15, -0.1) is 0 Å². The monoisotopic (exact) mass is 318 g/mol. The van der Waals surface area contributed by atoms with Crippen LogP contribution in [0.25, 0.3) is 11.1 Å². The Bertz CT molecular complexity index is 452. The Labute approximate surface area is 123 Å². The van der Waals surface area contributed by atoms with Crippen molar-refractivity contribution < 1.29 is 0 Å². The molecule has 1 fully saturated rings. The van der Waals surface area contributed by atoms with Gasteiger partial charge in [0.2, 0.25) is 0 Å². The topological polar surface area (TPSA) is 24.1 Å². The van der Waals surface area contributed by atoms with Gasteiger partial charge in [0.05, 0.1) is 0 Å². The lowest BCUT2D eigenvalue weighted by atomic mass is 10.1. The van der Waals surface area contributed by atoms with Crippen molar-refractivity contribution in [1.29, 1.82) is 0 Å². The van der Waals surface area contributed by atoms with Crippen molar-refractivity contribution in [3.8, 4) is 11.1 Å². The van der Waals surface area contributed by atoms with E-state index in [0.717, 1.165) is 30.7 Å². The summed E-state index contributed by atoms with van der Waals surface area (Å²) in [6, 6.07) is 18.7. The first kappa shape index (κ1) is 14.3. The molecule has 0 atom stereocenters. The quantitative estimate of drug-likeness (QED) is 0.843. The summed E-state index contributed by atoms with van der Waals surface area (Å²) < 4.78 is 1.12. The number of nitrogens with one attached hydrogen (secondary N) is 2. The second-order valence-corrected chi connectivity index (χ2v) is 5.29. The fourth-order valence-electron chi connectivity index (χ4n) is 1.88. The smallest absolute Gasteiger partial charge is 0.0175 e. The highest BCUT2D eigenvalue weighted by molar-refractivity contribution is 9.10. The molecule has 0 amide bonds. The molecule has 3 heteroatoms. The highest BCUT2D eigenvalue weighted by Crippen LogP contribution is 2.20. The van der Waals surface area contributed by atoms with Crippen molar-refractivity contribution >= 4 is 15.9 Å². The van der Waals surface area contributed by atoms with Gasteiger partial charge in [-0.1, -0.05) is 58.4 Å². The van der Waals surface area contributed by atoms with E-state index in [1.807, 2.05) is 6.07 Å². The summed E-state index contributed by atoms with van der Waals surface area (Å²) in [5, 5.41) is 6.44. The van der Waals surface area contributed by atoms with Crippen LogP contribution in [0.15, 0.2) is 59.1 Å². The Kier molecular flexibility index (Phi) is 6.08. The number of halogens is 1. The average molecular weight is 319 g/mol. The van der Waals surface area contributed by atoms with E-state index in [2.05, 4.69) is 75.1 Å². The van der Waals surface area contributed by atoms with Crippen molar-refractivity contribution in [3.05, 3.63) is 59.1 Å². The van der Waals surface area contributed by atoms with Crippen molar-refractivity contribution in [2.24, 2.45) is 0 Å². The van der Waals surface area contributed by atoms with Gasteiger partial charge >= 0.3 is 0 Å². The zero-order valence-corrected chi connectivity index (χ0v) is 12.5. The van der Waals surface area contributed by atoms with Crippen LogP contribution in [0.3, 0.4) is 0 Å². The fraction of sp³-hybridized carbons (Fsp3) is 0.250. The molecular weight excluding hydrogens is 300 g/mol. The first-order valence-electron chi connectivity index (χ1n) is 6.59. The van der Waals surface area contributed by atoms with Crippen LogP contribution in [0.5, 0.6) is 0 Å². The molecule has 1 saturated heterocycles.